The van der Waals surface area contributed by atoms with Crippen molar-refractivity contribution in [3.63, 3.8) is 0 Å². The predicted molar refractivity (Wildman–Crippen MR) is 98.9 cm³/mol. The molecule has 0 fully saturated rings. The van der Waals surface area contributed by atoms with Gasteiger partial charge in [-0.15, -0.1) is 47.9 Å². The average Bonchev–Trinajstić information content (AvgIpc) is 2.91. The van der Waals surface area contributed by atoms with Gasteiger partial charge < -0.3 is 0 Å². The van der Waals surface area contributed by atoms with E-state index in [0.717, 1.165) is 4.24 Å². The zero-order valence-corrected chi connectivity index (χ0v) is 15.3. The van der Waals surface area contributed by atoms with Gasteiger partial charge >= 0.3 is 0 Å². The van der Waals surface area contributed by atoms with E-state index >= 15 is 0 Å². The minimum Gasteiger partial charge on any atom is -0.135 e. The van der Waals surface area contributed by atoms with Crippen LogP contribution in [-0.2, 0) is 0 Å². The fourth-order valence-electron chi connectivity index (χ4n) is 1.29. The summed E-state index contributed by atoms with van der Waals surface area (Å²) in [6.07, 6.45) is 2.12. The number of thioether (sulfide) groups is 7. The number of thiol groups is 1. The standard InChI is InChI=1S/C9H8S8/c1-11-5-4(10)14-8(15-5)9-16-6-7(17-9)13-3-2-12-6/h10H,2-3H2,1H3. The first kappa shape index (κ1) is 14.0. The van der Waals surface area contributed by atoms with Gasteiger partial charge in [-0.1, -0.05) is 47.0 Å². The summed E-state index contributed by atoms with van der Waals surface area (Å²) >= 11 is 18.0. The van der Waals surface area contributed by atoms with Crippen LogP contribution >= 0.6 is 95.0 Å². The molecule has 3 rings (SSSR count). The Bertz CT molecular complexity index is 426. The molecule has 3 aliphatic heterocycles. The molecule has 17 heavy (non-hydrogen) atoms. The Morgan fingerprint density at radius 3 is 2.00 bits per heavy atom. The van der Waals surface area contributed by atoms with E-state index in [1.807, 2.05) is 70.6 Å². The second kappa shape index (κ2) is 6.20. The van der Waals surface area contributed by atoms with E-state index in [-0.39, 0.29) is 0 Å². The maximum Gasteiger partial charge on any atom is 0.0717 e. The fourth-order valence-corrected chi connectivity index (χ4v) is 11.7. The smallest absolute Gasteiger partial charge is 0.0717 e. The van der Waals surface area contributed by atoms with Crippen LogP contribution in [0.5, 0.6) is 0 Å². The van der Waals surface area contributed by atoms with Gasteiger partial charge in [0.15, 0.2) is 0 Å². The monoisotopic (exact) mass is 372 g/mol. The van der Waals surface area contributed by atoms with E-state index in [9.17, 15) is 0 Å². The molecule has 3 heterocycles. The highest BCUT2D eigenvalue weighted by molar-refractivity contribution is 8.44. The second-order valence-electron chi connectivity index (χ2n) is 3.05. The Labute approximate surface area is 137 Å². The molecule has 0 aromatic carbocycles. The van der Waals surface area contributed by atoms with Crippen LogP contribution in [0.15, 0.2) is 25.4 Å². The Hall–Kier alpha value is 2.02. The molecule has 0 saturated heterocycles. The molecule has 0 bridgehead atoms. The Balaban J connectivity index is 1.77. The van der Waals surface area contributed by atoms with Crippen LogP contribution < -0.4 is 0 Å². The molecular weight excluding hydrogens is 365 g/mol. The van der Waals surface area contributed by atoms with Gasteiger partial charge in [-0.05, 0) is 6.26 Å². The zero-order valence-electron chi connectivity index (χ0n) is 8.72. The lowest BCUT2D eigenvalue weighted by molar-refractivity contribution is 1.56. The first-order valence-corrected chi connectivity index (χ1v) is 11.6. The molecular formula is C9H8S8. The molecule has 0 aliphatic carbocycles. The Kier molecular flexibility index (Phi) is 5.10. The van der Waals surface area contributed by atoms with E-state index in [1.165, 1.54) is 32.7 Å². The summed E-state index contributed by atoms with van der Waals surface area (Å²) in [5, 5.41) is 0. The molecule has 0 saturated carbocycles. The molecule has 0 atom stereocenters. The molecule has 3 aliphatic rings. The molecule has 0 aromatic rings. The third-order valence-corrected chi connectivity index (χ3v) is 12.7. The maximum absolute atomic E-state index is 4.55. The fraction of sp³-hybridized carbons (Fsp3) is 0.333. The van der Waals surface area contributed by atoms with Crippen molar-refractivity contribution >= 4 is 95.0 Å². The van der Waals surface area contributed by atoms with Gasteiger partial charge in [0.05, 0.1) is 25.4 Å². The third-order valence-electron chi connectivity index (χ3n) is 1.99. The van der Waals surface area contributed by atoms with E-state index in [2.05, 4.69) is 18.9 Å². The predicted octanol–water partition coefficient (Wildman–Crippen LogP) is 6.10. The summed E-state index contributed by atoms with van der Waals surface area (Å²) in [7, 11) is 0. The van der Waals surface area contributed by atoms with Gasteiger partial charge in [-0.3, -0.25) is 0 Å². The minimum absolute atomic E-state index is 1.16. The topological polar surface area (TPSA) is 0 Å². The lowest BCUT2D eigenvalue weighted by atomic mass is 11.0. The van der Waals surface area contributed by atoms with Crippen LogP contribution in [-0.4, -0.2) is 17.8 Å². The first-order chi connectivity index (χ1) is 8.28. The van der Waals surface area contributed by atoms with Crippen LogP contribution in [0, 0.1) is 0 Å². The highest BCUT2D eigenvalue weighted by Crippen LogP contribution is 2.65. The highest BCUT2D eigenvalue weighted by atomic mass is 32.3. The summed E-state index contributed by atoms with van der Waals surface area (Å²) in [6, 6.07) is 0. The van der Waals surface area contributed by atoms with E-state index in [4.69, 9.17) is 0 Å². The van der Waals surface area contributed by atoms with Crippen LogP contribution in [0.2, 0.25) is 0 Å². The van der Waals surface area contributed by atoms with Gasteiger partial charge in [-0.25, -0.2) is 0 Å². The molecule has 0 amide bonds. The SMILES string of the molecule is CSC1=C(S)SC(=C2SC3=C(SCCS3)S2)S1. The van der Waals surface area contributed by atoms with Gasteiger partial charge in [-0.2, -0.15) is 0 Å². The largest absolute Gasteiger partial charge is 0.135 e. The van der Waals surface area contributed by atoms with Gasteiger partial charge in [0, 0.05) is 11.5 Å². The van der Waals surface area contributed by atoms with Crippen molar-refractivity contribution in [2.45, 2.75) is 0 Å². The molecule has 0 aromatic heterocycles. The average molecular weight is 373 g/mol. The molecule has 0 unspecified atom stereocenters. The van der Waals surface area contributed by atoms with Crippen molar-refractivity contribution in [2.75, 3.05) is 17.8 Å². The van der Waals surface area contributed by atoms with Crippen LogP contribution in [0.25, 0.3) is 0 Å². The summed E-state index contributed by atoms with van der Waals surface area (Å²) in [4.78, 5) is 0. The molecule has 0 nitrogen and oxygen atoms in total. The van der Waals surface area contributed by atoms with E-state index in [0.29, 0.717) is 0 Å². The number of hydrogen-bond donors (Lipinski definition) is 1. The molecule has 0 N–H and O–H groups in total. The zero-order chi connectivity index (χ0) is 11.8. The Morgan fingerprint density at radius 2 is 1.47 bits per heavy atom. The van der Waals surface area contributed by atoms with Gasteiger partial charge in [0.1, 0.15) is 0 Å². The van der Waals surface area contributed by atoms with Crippen LogP contribution in [0.3, 0.4) is 0 Å². The van der Waals surface area contributed by atoms with Crippen LogP contribution in [0.4, 0.5) is 0 Å². The minimum atomic E-state index is 1.16. The second-order valence-corrected chi connectivity index (χ2v) is 12.2. The van der Waals surface area contributed by atoms with Gasteiger partial charge in [0.2, 0.25) is 0 Å². The van der Waals surface area contributed by atoms with Crippen molar-refractivity contribution < 1.29 is 0 Å². The Morgan fingerprint density at radius 1 is 0.882 bits per heavy atom. The maximum atomic E-state index is 4.55. The van der Waals surface area contributed by atoms with E-state index in [1.54, 1.807) is 11.8 Å². The molecule has 0 spiro atoms. The van der Waals surface area contributed by atoms with Gasteiger partial charge in [0.25, 0.3) is 0 Å². The molecule has 92 valence electrons. The van der Waals surface area contributed by atoms with Crippen molar-refractivity contribution in [3.05, 3.63) is 25.4 Å². The molecule has 0 radical (unpaired) electrons. The van der Waals surface area contributed by atoms with Crippen molar-refractivity contribution in [1.29, 1.82) is 0 Å². The normalized spacial score (nSPS) is 25.1. The highest BCUT2D eigenvalue weighted by Gasteiger charge is 2.30. The summed E-state index contributed by atoms with van der Waals surface area (Å²) in [5.41, 5.74) is 0. The van der Waals surface area contributed by atoms with Crippen molar-refractivity contribution in [1.82, 2.24) is 0 Å². The van der Waals surface area contributed by atoms with Crippen molar-refractivity contribution in [2.24, 2.45) is 0 Å². The summed E-state index contributed by atoms with van der Waals surface area (Å²) in [5.74, 6) is 2.51. The lowest BCUT2D eigenvalue weighted by Gasteiger charge is -2.08. The third kappa shape index (κ3) is 3.04. The summed E-state index contributed by atoms with van der Waals surface area (Å²) in [6.45, 7) is 0. The quantitative estimate of drug-likeness (QED) is 0.545. The van der Waals surface area contributed by atoms with Crippen molar-refractivity contribution in [3.8, 4) is 0 Å². The first-order valence-electron chi connectivity index (χ1n) is 4.70. The lowest BCUT2D eigenvalue weighted by Crippen LogP contribution is -1.88. The van der Waals surface area contributed by atoms with Crippen LogP contribution in [0.1, 0.15) is 0 Å². The van der Waals surface area contributed by atoms with E-state index < -0.39 is 0 Å². The number of hydrogen-bond acceptors (Lipinski definition) is 8. The molecule has 8 heteroatoms. The number of rotatable bonds is 1. The summed E-state index contributed by atoms with van der Waals surface area (Å²) < 4.78 is 8.43.